The van der Waals surface area contributed by atoms with Gasteiger partial charge in [-0.05, 0) is 62.1 Å². The van der Waals surface area contributed by atoms with Crippen molar-refractivity contribution in [2.75, 3.05) is 13.7 Å². The van der Waals surface area contributed by atoms with E-state index >= 15 is 0 Å². The Bertz CT molecular complexity index is 1290. The molecule has 1 aliphatic rings. The highest BCUT2D eigenvalue weighted by molar-refractivity contribution is 7.99. The molecule has 1 atom stereocenters. The number of ether oxygens (including phenoxy) is 2. The van der Waals surface area contributed by atoms with Crippen LogP contribution in [0.25, 0.3) is 10.2 Å². The molecule has 7 nitrogen and oxygen atoms in total. The molecule has 0 saturated carbocycles. The molecule has 4 aromatic rings. The van der Waals surface area contributed by atoms with Crippen molar-refractivity contribution in [3.05, 3.63) is 52.7 Å². The zero-order chi connectivity index (χ0) is 23.5. The van der Waals surface area contributed by atoms with Crippen molar-refractivity contribution >= 4 is 33.3 Å². The van der Waals surface area contributed by atoms with Crippen LogP contribution in [0.5, 0.6) is 5.75 Å². The smallest absolute Gasteiger partial charge is 0.197 e. The molecular weight excluding hydrogens is 473 g/mol. The second-order valence-electron chi connectivity index (χ2n) is 8.32. The standard InChI is InChI=1S/C24H26FN5O2S2/c1-15(12-31-2)30-20(13-32-18-10-7-6-9-17(18)25)28-29-24(30)34-23-21-16-8-4-3-5-11-19(16)33-22(21)26-14-27-23/h6-7,9-10,14-15H,3-5,8,11-13H2,1-2H3. The largest absolute Gasteiger partial charge is 0.483 e. The minimum Gasteiger partial charge on any atom is -0.483 e. The second kappa shape index (κ2) is 10.4. The lowest BCUT2D eigenvalue weighted by Crippen LogP contribution is -2.16. The van der Waals surface area contributed by atoms with Crippen molar-refractivity contribution in [2.24, 2.45) is 0 Å². The first-order valence-corrected chi connectivity index (χ1v) is 13.0. The number of thiophene rings is 1. The van der Waals surface area contributed by atoms with E-state index in [0.29, 0.717) is 17.6 Å². The number of para-hydroxylation sites is 1. The molecule has 1 aliphatic carbocycles. The van der Waals surface area contributed by atoms with Gasteiger partial charge in [0.25, 0.3) is 0 Å². The van der Waals surface area contributed by atoms with Gasteiger partial charge in [0.1, 0.15) is 22.8 Å². The van der Waals surface area contributed by atoms with Gasteiger partial charge in [-0.1, -0.05) is 18.6 Å². The van der Waals surface area contributed by atoms with Crippen molar-refractivity contribution in [3.63, 3.8) is 0 Å². The highest BCUT2D eigenvalue weighted by Gasteiger charge is 2.24. The third kappa shape index (κ3) is 4.67. The lowest BCUT2D eigenvalue weighted by atomic mass is 10.1. The Morgan fingerprint density at radius 1 is 1.15 bits per heavy atom. The SMILES string of the molecule is COCC(C)n1c(COc2ccccc2F)nnc1Sc1ncnc2sc3c(c12)CCCCC3. The van der Waals surface area contributed by atoms with Crippen molar-refractivity contribution in [1.82, 2.24) is 24.7 Å². The van der Waals surface area contributed by atoms with E-state index in [-0.39, 0.29) is 18.4 Å². The fraction of sp³-hybridized carbons (Fsp3) is 0.417. The maximum absolute atomic E-state index is 14.0. The van der Waals surface area contributed by atoms with E-state index < -0.39 is 5.82 Å². The summed E-state index contributed by atoms with van der Waals surface area (Å²) in [5.41, 5.74) is 1.39. The third-order valence-corrected chi connectivity index (χ3v) is 8.10. The van der Waals surface area contributed by atoms with Crippen LogP contribution < -0.4 is 4.74 Å². The summed E-state index contributed by atoms with van der Waals surface area (Å²) in [5.74, 6) is 0.378. The summed E-state index contributed by atoms with van der Waals surface area (Å²) >= 11 is 3.27. The minimum atomic E-state index is -0.408. The number of rotatable bonds is 8. The Balaban J connectivity index is 1.48. The van der Waals surface area contributed by atoms with Gasteiger partial charge in [0, 0.05) is 17.4 Å². The van der Waals surface area contributed by atoms with Crippen molar-refractivity contribution < 1.29 is 13.9 Å². The van der Waals surface area contributed by atoms with Gasteiger partial charge in [0.15, 0.2) is 22.5 Å². The van der Waals surface area contributed by atoms with Crippen LogP contribution in [-0.4, -0.2) is 38.4 Å². The molecule has 0 saturated heterocycles. The number of halogens is 1. The Labute approximate surface area is 205 Å². The van der Waals surface area contributed by atoms with E-state index in [4.69, 9.17) is 9.47 Å². The van der Waals surface area contributed by atoms with Gasteiger partial charge < -0.3 is 9.47 Å². The van der Waals surface area contributed by atoms with E-state index in [1.54, 1.807) is 43.0 Å². The van der Waals surface area contributed by atoms with E-state index in [9.17, 15) is 4.39 Å². The number of methoxy groups -OCH3 is 1. The van der Waals surface area contributed by atoms with E-state index in [1.807, 2.05) is 11.5 Å². The molecule has 34 heavy (non-hydrogen) atoms. The minimum absolute atomic E-state index is 0.0429. The summed E-state index contributed by atoms with van der Waals surface area (Å²) in [6, 6.07) is 6.30. The Kier molecular flexibility index (Phi) is 7.07. The maximum atomic E-state index is 14.0. The highest BCUT2D eigenvalue weighted by Crippen LogP contribution is 2.40. The van der Waals surface area contributed by atoms with Crippen LogP contribution in [-0.2, 0) is 24.2 Å². The van der Waals surface area contributed by atoms with Gasteiger partial charge in [-0.2, -0.15) is 0 Å². The van der Waals surface area contributed by atoms with Crippen molar-refractivity contribution in [3.8, 4) is 5.75 Å². The monoisotopic (exact) mass is 499 g/mol. The van der Waals surface area contributed by atoms with Crippen LogP contribution in [0.1, 0.15) is 48.5 Å². The van der Waals surface area contributed by atoms with Crippen LogP contribution in [0.4, 0.5) is 4.39 Å². The van der Waals surface area contributed by atoms with Gasteiger partial charge in [-0.3, -0.25) is 4.57 Å². The quantitative estimate of drug-likeness (QED) is 0.230. The zero-order valence-corrected chi connectivity index (χ0v) is 20.8. The summed E-state index contributed by atoms with van der Waals surface area (Å²) in [6.07, 6.45) is 7.47. The molecule has 0 aliphatic heterocycles. The second-order valence-corrected chi connectivity index (χ2v) is 10.4. The molecule has 1 aromatic carbocycles. The third-order valence-electron chi connectivity index (χ3n) is 5.93. The number of aryl methyl sites for hydroxylation is 2. The summed E-state index contributed by atoms with van der Waals surface area (Å²) in [7, 11) is 1.66. The summed E-state index contributed by atoms with van der Waals surface area (Å²) < 4.78 is 27.2. The molecule has 0 fully saturated rings. The van der Waals surface area contributed by atoms with Crippen molar-refractivity contribution in [1.29, 1.82) is 0 Å². The van der Waals surface area contributed by atoms with Crippen LogP contribution in [0.2, 0.25) is 0 Å². The number of hydrogen-bond donors (Lipinski definition) is 0. The van der Waals surface area contributed by atoms with Gasteiger partial charge in [-0.25, -0.2) is 14.4 Å². The molecule has 178 valence electrons. The Morgan fingerprint density at radius 3 is 2.85 bits per heavy atom. The molecule has 0 radical (unpaired) electrons. The highest BCUT2D eigenvalue weighted by atomic mass is 32.2. The molecule has 0 N–H and O–H groups in total. The molecular formula is C24H26FN5O2S2. The van der Waals surface area contributed by atoms with Gasteiger partial charge >= 0.3 is 0 Å². The average Bonchev–Trinajstić information content (AvgIpc) is 3.32. The molecule has 0 amide bonds. The molecule has 0 bridgehead atoms. The lowest BCUT2D eigenvalue weighted by molar-refractivity contribution is 0.154. The fourth-order valence-corrected chi connectivity index (χ4v) is 6.69. The zero-order valence-electron chi connectivity index (χ0n) is 19.2. The predicted molar refractivity (Wildman–Crippen MR) is 130 cm³/mol. The molecule has 10 heteroatoms. The number of benzene rings is 1. The molecule has 3 heterocycles. The number of nitrogens with zero attached hydrogens (tertiary/aromatic N) is 5. The van der Waals surface area contributed by atoms with Crippen LogP contribution in [0, 0.1) is 5.82 Å². The van der Waals surface area contributed by atoms with E-state index in [2.05, 4.69) is 20.2 Å². The molecule has 3 aromatic heterocycles. The normalized spacial score (nSPS) is 14.7. The summed E-state index contributed by atoms with van der Waals surface area (Å²) in [4.78, 5) is 11.7. The van der Waals surface area contributed by atoms with Gasteiger partial charge in [0.05, 0.1) is 12.6 Å². The lowest BCUT2D eigenvalue weighted by Gasteiger charge is -2.17. The maximum Gasteiger partial charge on any atom is 0.197 e. The molecule has 5 rings (SSSR count). The molecule has 1 unspecified atom stereocenters. The number of fused-ring (bicyclic) bond motifs is 3. The van der Waals surface area contributed by atoms with Gasteiger partial charge in [0.2, 0.25) is 0 Å². The first kappa shape index (κ1) is 23.2. The van der Waals surface area contributed by atoms with Crippen molar-refractivity contribution in [2.45, 2.75) is 61.9 Å². The number of aromatic nitrogens is 5. The van der Waals surface area contributed by atoms with E-state index in [1.165, 1.54) is 47.5 Å². The fourth-order valence-electron chi connectivity index (χ4n) is 4.34. The average molecular weight is 500 g/mol. The van der Waals surface area contributed by atoms with E-state index in [0.717, 1.165) is 28.1 Å². The van der Waals surface area contributed by atoms with Crippen LogP contribution in [0.3, 0.4) is 0 Å². The summed E-state index contributed by atoms with van der Waals surface area (Å²) in [6.45, 7) is 2.61. The first-order chi connectivity index (χ1) is 16.7. The van der Waals surface area contributed by atoms with Crippen LogP contribution in [0.15, 0.2) is 40.8 Å². The first-order valence-electron chi connectivity index (χ1n) is 11.4. The summed E-state index contributed by atoms with van der Waals surface area (Å²) in [5, 5.41) is 11.6. The van der Waals surface area contributed by atoms with Crippen LogP contribution >= 0.6 is 23.1 Å². The number of hydrogen-bond acceptors (Lipinski definition) is 8. The van der Waals surface area contributed by atoms with Gasteiger partial charge in [-0.15, -0.1) is 21.5 Å². The Hall–Kier alpha value is -2.56. The predicted octanol–water partition coefficient (Wildman–Crippen LogP) is 5.63. The Morgan fingerprint density at radius 2 is 2.00 bits per heavy atom. The molecule has 0 spiro atoms. The topological polar surface area (TPSA) is 75.0 Å².